The number of alkyl halides is 2. The van der Waals surface area contributed by atoms with Crippen molar-refractivity contribution >= 4 is 69.0 Å². The lowest BCUT2D eigenvalue weighted by Crippen LogP contribution is -2.66. The van der Waals surface area contributed by atoms with Gasteiger partial charge in [0.15, 0.2) is 0 Å². The van der Waals surface area contributed by atoms with Crippen molar-refractivity contribution in [3.05, 3.63) is 121 Å². The maximum Gasteiger partial charge on any atom is 0.261 e. The standard InChI is InChI=1S/C29H45BrOSi.C17H22Si.C13H27BrO/c1-29(2,3)32(27-21-15-13-16-22-27,28-23-17-14-18-24-28)31-26-20-12-10-8-6-4-5-7-9-11-19-25-30;1-17(2,3)18(4,15-11-7-5-8-12-15)16-13-9-6-10-14-16;14-12-10-8-6-4-2-1-3-5-7-9-11-13-15/h13-18,21-24H,4-12,19-20,25-26H2,1-3H3;5-14H,1-4H3;15H,1-13H2. The number of rotatable bonds is 30. The molecule has 0 spiro atoms. The number of benzene rings is 4. The van der Waals surface area contributed by atoms with Gasteiger partial charge in [-0.1, -0.05) is 327 Å². The average Bonchev–Trinajstić information content (AvgIpc) is 3.31. The van der Waals surface area contributed by atoms with E-state index >= 15 is 0 Å². The highest BCUT2D eigenvalue weighted by Crippen LogP contribution is 2.37. The fourth-order valence-corrected chi connectivity index (χ4v) is 18.3. The van der Waals surface area contributed by atoms with Crippen LogP contribution in [0.25, 0.3) is 0 Å². The van der Waals surface area contributed by atoms with E-state index in [1.807, 2.05) is 0 Å². The summed E-state index contributed by atoms with van der Waals surface area (Å²) in [5.41, 5.74) is 0. The van der Waals surface area contributed by atoms with Gasteiger partial charge in [-0.2, -0.15) is 0 Å². The number of aliphatic hydroxyl groups excluding tert-OH is 1. The van der Waals surface area contributed by atoms with E-state index in [-0.39, 0.29) is 5.04 Å². The third-order valence-corrected chi connectivity index (χ3v) is 25.6. The fraction of sp³-hybridized carbons (Fsp3) is 0.593. The van der Waals surface area contributed by atoms with Gasteiger partial charge in [0, 0.05) is 23.9 Å². The summed E-state index contributed by atoms with van der Waals surface area (Å²) in [6.45, 7) is 17.9. The largest absolute Gasteiger partial charge is 0.407 e. The topological polar surface area (TPSA) is 29.5 Å². The van der Waals surface area contributed by atoms with Crippen molar-refractivity contribution in [2.45, 2.75) is 199 Å². The first-order chi connectivity index (χ1) is 31.4. The molecule has 2 nitrogen and oxygen atoms in total. The van der Waals surface area contributed by atoms with E-state index < -0.39 is 16.4 Å². The van der Waals surface area contributed by atoms with Crippen molar-refractivity contribution in [2.24, 2.45) is 0 Å². The van der Waals surface area contributed by atoms with E-state index in [0.29, 0.717) is 11.6 Å². The van der Waals surface area contributed by atoms with Crippen LogP contribution in [0.5, 0.6) is 0 Å². The summed E-state index contributed by atoms with van der Waals surface area (Å²) in [7, 11) is -4.06. The molecule has 0 aliphatic heterocycles. The van der Waals surface area contributed by atoms with Crippen molar-refractivity contribution in [3.8, 4) is 0 Å². The highest BCUT2D eigenvalue weighted by Gasteiger charge is 2.50. The van der Waals surface area contributed by atoms with Crippen LogP contribution in [-0.4, -0.2) is 45.4 Å². The molecule has 65 heavy (non-hydrogen) atoms. The molecule has 0 radical (unpaired) electrons. The minimum absolute atomic E-state index is 0.0736. The van der Waals surface area contributed by atoms with E-state index in [1.54, 1.807) is 0 Å². The first kappa shape index (κ1) is 59.3. The number of hydrogen-bond acceptors (Lipinski definition) is 2. The lowest BCUT2D eigenvalue weighted by atomic mass is 10.1. The van der Waals surface area contributed by atoms with Crippen LogP contribution < -0.4 is 20.7 Å². The molecule has 0 atom stereocenters. The average molecular weight is 1050 g/mol. The van der Waals surface area contributed by atoms with Crippen LogP contribution in [0, 0.1) is 0 Å². The van der Waals surface area contributed by atoms with Gasteiger partial charge in [-0.3, -0.25) is 0 Å². The van der Waals surface area contributed by atoms with Gasteiger partial charge >= 0.3 is 0 Å². The van der Waals surface area contributed by atoms with Crippen LogP contribution in [0.4, 0.5) is 0 Å². The Bertz CT molecular complexity index is 1570. The highest BCUT2D eigenvalue weighted by atomic mass is 79.9. The minimum Gasteiger partial charge on any atom is -0.407 e. The Morgan fingerprint density at radius 1 is 0.369 bits per heavy atom. The zero-order valence-corrected chi connectivity index (χ0v) is 47.7. The Balaban J connectivity index is 0.000000371. The number of hydrogen-bond donors (Lipinski definition) is 1. The number of halogens is 2. The molecule has 0 aliphatic rings. The van der Waals surface area contributed by atoms with Crippen molar-refractivity contribution in [1.29, 1.82) is 0 Å². The molecule has 0 fully saturated rings. The van der Waals surface area contributed by atoms with Gasteiger partial charge in [0.2, 0.25) is 0 Å². The number of aliphatic hydroxyl groups is 1. The zero-order chi connectivity index (χ0) is 47.5. The summed E-state index contributed by atoms with van der Waals surface area (Å²) in [5, 5.41) is 17.1. The van der Waals surface area contributed by atoms with Crippen LogP contribution in [0.3, 0.4) is 0 Å². The monoisotopic (exact) mass is 1050 g/mol. The molecule has 1 N–H and O–H groups in total. The Morgan fingerprint density at radius 3 is 0.892 bits per heavy atom. The van der Waals surface area contributed by atoms with Crippen molar-refractivity contribution in [2.75, 3.05) is 23.9 Å². The molecule has 0 saturated carbocycles. The smallest absolute Gasteiger partial charge is 0.261 e. The maximum atomic E-state index is 8.61. The van der Waals surface area contributed by atoms with Crippen molar-refractivity contribution in [3.63, 3.8) is 0 Å². The second-order valence-corrected chi connectivity index (χ2v) is 31.3. The normalized spacial score (nSPS) is 12.0. The summed E-state index contributed by atoms with van der Waals surface area (Å²) in [4.78, 5) is 0. The van der Waals surface area contributed by atoms with Gasteiger partial charge < -0.3 is 9.53 Å². The second kappa shape index (κ2) is 35.3. The van der Waals surface area contributed by atoms with Crippen molar-refractivity contribution in [1.82, 2.24) is 0 Å². The van der Waals surface area contributed by atoms with Crippen LogP contribution in [-0.2, 0) is 4.43 Å². The van der Waals surface area contributed by atoms with E-state index in [2.05, 4.69) is 201 Å². The van der Waals surface area contributed by atoms with Gasteiger partial charge in [0.25, 0.3) is 8.32 Å². The molecule has 0 aliphatic carbocycles. The summed E-state index contributed by atoms with van der Waals surface area (Å²) >= 11 is 6.97. The predicted molar refractivity (Wildman–Crippen MR) is 303 cm³/mol. The SMILES string of the molecule is CC(C)(C)[Si](C)(c1ccccc1)c1ccccc1.CC(C)(C)[Si](OCCCCCCCCCCCCCBr)(c1ccccc1)c1ccccc1.OCCCCCCCCCCCCCBr. The van der Waals surface area contributed by atoms with Gasteiger partial charge in [0.1, 0.15) is 8.07 Å². The molecule has 4 aromatic carbocycles. The molecule has 4 aromatic rings. The second-order valence-electron chi connectivity index (χ2n) is 20.5. The van der Waals surface area contributed by atoms with Crippen molar-refractivity contribution < 1.29 is 9.53 Å². The third kappa shape index (κ3) is 22.4. The molecular formula is C59H94Br2O2Si2. The summed E-state index contributed by atoms with van der Waals surface area (Å²) in [6.07, 6.45) is 29.6. The maximum absolute atomic E-state index is 8.61. The van der Waals surface area contributed by atoms with Crippen LogP contribution in [0.2, 0.25) is 16.6 Å². The summed E-state index contributed by atoms with van der Waals surface area (Å²) < 4.78 is 6.99. The van der Waals surface area contributed by atoms with Crippen LogP contribution in [0.15, 0.2) is 121 Å². The molecule has 364 valence electrons. The fourth-order valence-electron chi connectivity index (χ4n) is 9.15. The van der Waals surface area contributed by atoms with E-state index in [1.165, 1.54) is 149 Å². The van der Waals surface area contributed by atoms with Gasteiger partial charge in [-0.05, 0) is 46.1 Å². The molecule has 0 amide bonds. The zero-order valence-electron chi connectivity index (χ0n) is 42.5. The quantitative estimate of drug-likeness (QED) is 0.0320. The molecule has 0 bridgehead atoms. The molecule has 0 aromatic heterocycles. The van der Waals surface area contributed by atoms with E-state index in [9.17, 15) is 0 Å². The molecule has 0 unspecified atom stereocenters. The molecule has 0 saturated heterocycles. The first-order valence-corrected chi connectivity index (χ1v) is 32.6. The van der Waals surface area contributed by atoms with Crippen LogP contribution >= 0.6 is 31.9 Å². The summed E-state index contributed by atoms with van der Waals surface area (Å²) in [6, 6.07) is 44.0. The highest BCUT2D eigenvalue weighted by molar-refractivity contribution is 9.09. The van der Waals surface area contributed by atoms with Crippen LogP contribution in [0.1, 0.15) is 183 Å². The first-order valence-electron chi connectivity index (χ1n) is 26.0. The Labute approximate surface area is 420 Å². The molecular weight excluding hydrogens is 957 g/mol. The van der Waals surface area contributed by atoms with E-state index in [4.69, 9.17) is 9.53 Å². The Hall–Kier alpha value is -1.81. The Kier molecular flexibility index (Phi) is 32.2. The molecule has 6 heteroatoms. The summed E-state index contributed by atoms with van der Waals surface area (Å²) in [5.74, 6) is 0. The lowest BCUT2D eigenvalue weighted by Gasteiger charge is -2.43. The van der Waals surface area contributed by atoms with E-state index in [0.717, 1.165) is 30.1 Å². The van der Waals surface area contributed by atoms with Gasteiger partial charge in [0.05, 0.1) is 0 Å². The molecule has 0 heterocycles. The Morgan fingerprint density at radius 2 is 0.631 bits per heavy atom. The lowest BCUT2D eigenvalue weighted by molar-refractivity contribution is 0.282. The predicted octanol–water partition coefficient (Wildman–Crippen LogP) is 16.6. The van der Waals surface area contributed by atoms with Gasteiger partial charge in [-0.15, -0.1) is 0 Å². The third-order valence-electron chi connectivity index (χ3n) is 13.5. The molecule has 4 rings (SSSR count). The number of unbranched alkanes of at least 4 members (excludes halogenated alkanes) is 20. The minimum atomic E-state index is -2.35. The van der Waals surface area contributed by atoms with Gasteiger partial charge in [-0.25, -0.2) is 0 Å².